The number of hydrogen-bond donors (Lipinski definition) is 0. The normalized spacial score (nSPS) is 26.2. The highest BCUT2D eigenvalue weighted by molar-refractivity contribution is 7.89. The Labute approximate surface area is 113 Å². The number of rotatable bonds is 2. The zero-order valence-corrected chi connectivity index (χ0v) is 12.1. The molecule has 0 aliphatic carbocycles. The highest BCUT2D eigenvalue weighted by Gasteiger charge is 2.34. The minimum Gasteiger partial charge on any atom is -0.263 e. The molecule has 2 heterocycles. The third kappa shape index (κ3) is 2.53. The topological polar surface area (TPSA) is 50.3 Å². The van der Waals surface area contributed by atoms with Crippen molar-refractivity contribution in [1.29, 1.82) is 0 Å². The van der Waals surface area contributed by atoms with Gasteiger partial charge in [0.25, 0.3) is 0 Å². The molecule has 1 fully saturated rings. The third-order valence-corrected chi connectivity index (χ3v) is 5.88. The highest BCUT2D eigenvalue weighted by Crippen LogP contribution is 2.30. The van der Waals surface area contributed by atoms with Crippen LogP contribution in [-0.2, 0) is 10.0 Å². The van der Waals surface area contributed by atoms with Crippen molar-refractivity contribution >= 4 is 21.6 Å². The molecule has 2 rings (SSSR count). The van der Waals surface area contributed by atoms with Gasteiger partial charge in [0.05, 0.1) is 5.02 Å². The molecule has 6 heteroatoms. The molecular weight excluding hydrogens is 272 g/mol. The summed E-state index contributed by atoms with van der Waals surface area (Å²) in [5, 5.41) is 0.232. The summed E-state index contributed by atoms with van der Waals surface area (Å²) in [5.74, 6) is 0.566. The van der Waals surface area contributed by atoms with Crippen molar-refractivity contribution in [2.75, 3.05) is 6.54 Å². The highest BCUT2D eigenvalue weighted by atomic mass is 35.5. The molecule has 0 spiro atoms. The molecule has 0 saturated carbocycles. The number of hydrogen-bond acceptors (Lipinski definition) is 3. The average Bonchev–Trinajstić information content (AvgIpc) is 2.28. The van der Waals surface area contributed by atoms with Gasteiger partial charge in [-0.3, -0.25) is 4.98 Å². The minimum absolute atomic E-state index is 0.00928. The van der Waals surface area contributed by atoms with Crippen LogP contribution in [0.5, 0.6) is 0 Å². The largest absolute Gasteiger partial charge is 0.263 e. The monoisotopic (exact) mass is 288 g/mol. The van der Waals surface area contributed by atoms with Crippen LogP contribution in [0.1, 0.15) is 26.7 Å². The van der Waals surface area contributed by atoms with Gasteiger partial charge in [-0.1, -0.05) is 18.5 Å². The lowest BCUT2D eigenvalue weighted by Gasteiger charge is -2.35. The van der Waals surface area contributed by atoms with Crippen molar-refractivity contribution in [2.24, 2.45) is 5.92 Å². The summed E-state index contributed by atoms with van der Waals surface area (Å²) in [5.41, 5.74) is 0. The Morgan fingerprint density at radius 3 is 2.78 bits per heavy atom. The lowest BCUT2D eigenvalue weighted by molar-refractivity contribution is 0.220. The standard InChI is InChI=1S/C12H17ClN2O2S/c1-9-4-6-15(10(2)7-9)18(16,17)12-8-14-5-3-11(12)13/h3,5,8-10H,4,6-7H2,1-2H3. The quantitative estimate of drug-likeness (QED) is 0.840. The second-order valence-electron chi connectivity index (χ2n) is 4.90. The summed E-state index contributed by atoms with van der Waals surface area (Å²) in [6.45, 7) is 4.64. The van der Waals surface area contributed by atoms with Gasteiger partial charge < -0.3 is 0 Å². The van der Waals surface area contributed by atoms with Crippen LogP contribution in [0.3, 0.4) is 0 Å². The smallest absolute Gasteiger partial charge is 0.246 e. The van der Waals surface area contributed by atoms with E-state index in [1.165, 1.54) is 22.8 Å². The average molecular weight is 289 g/mol. The fourth-order valence-corrected chi connectivity index (χ4v) is 4.49. The molecule has 1 aliphatic heterocycles. The maximum absolute atomic E-state index is 12.5. The molecule has 4 nitrogen and oxygen atoms in total. The van der Waals surface area contributed by atoms with E-state index < -0.39 is 10.0 Å². The van der Waals surface area contributed by atoms with Crippen LogP contribution in [0.15, 0.2) is 23.4 Å². The molecule has 0 bridgehead atoms. The molecule has 18 heavy (non-hydrogen) atoms. The van der Waals surface area contributed by atoms with Gasteiger partial charge in [0, 0.05) is 25.0 Å². The molecule has 1 aromatic heterocycles. The second-order valence-corrected chi connectivity index (χ2v) is 7.17. The number of pyridine rings is 1. The first kappa shape index (κ1) is 13.8. The van der Waals surface area contributed by atoms with Crippen molar-refractivity contribution in [3.63, 3.8) is 0 Å². The van der Waals surface area contributed by atoms with E-state index in [1.807, 2.05) is 6.92 Å². The van der Waals surface area contributed by atoms with Gasteiger partial charge in [0.2, 0.25) is 10.0 Å². The zero-order valence-electron chi connectivity index (χ0n) is 10.5. The van der Waals surface area contributed by atoms with Crippen LogP contribution in [0.2, 0.25) is 5.02 Å². The molecule has 0 aromatic carbocycles. The van der Waals surface area contributed by atoms with Crippen molar-refractivity contribution in [3.8, 4) is 0 Å². The Bertz CT molecular complexity index is 533. The van der Waals surface area contributed by atoms with Gasteiger partial charge in [-0.05, 0) is 31.7 Å². The summed E-state index contributed by atoms with van der Waals surface area (Å²) in [6, 6.07) is 1.51. The van der Waals surface area contributed by atoms with E-state index in [1.54, 1.807) is 0 Å². The van der Waals surface area contributed by atoms with E-state index in [-0.39, 0.29) is 16.0 Å². The minimum atomic E-state index is -3.53. The second kappa shape index (κ2) is 5.15. The van der Waals surface area contributed by atoms with Crippen molar-refractivity contribution in [3.05, 3.63) is 23.5 Å². The van der Waals surface area contributed by atoms with Crippen LogP contribution >= 0.6 is 11.6 Å². The van der Waals surface area contributed by atoms with Crippen LogP contribution in [0, 0.1) is 5.92 Å². The molecule has 2 atom stereocenters. The molecule has 1 aromatic rings. The fraction of sp³-hybridized carbons (Fsp3) is 0.583. The van der Waals surface area contributed by atoms with Crippen molar-refractivity contribution in [2.45, 2.75) is 37.6 Å². The van der Waals surface area contributed by atoms with E-state index in [0.29, 0.717) is 12.5 Å². The predicted molar refractivity (Wildman–Crippen MR) is 71.0 cm³/mol. The first-order valence-electron chi connectivity index (χ1n) is 6.04. The van der Waals surface area contributed by atoms with Gasteiger partial charge in [-0.15, -0.1) is 0 Å². The van der Waals surface area contributed by atoms with Crippen LogP contribution < -0.4 is 0 Å². The van der Waals surface area contributed by atoms with E-state index in [4.69, 9.17) is 11.6 Å². The molecule has 2 unspecified atom stereocenters. The SMILES string of the molecule is CC1CCN(S(=O)(=O)c2cnccc2Cl)C(C)C1. The Morgan fingerprint density at radius 2 is 2.17 bits per heavy atom. The van der Waals surface area contributed by atoms with E-state index in [0.717, 1.165) is 12.8 Å². The molecule has 100 valence electrons. The van der Waals surface area contributed by atoms with Gasteiger partial charge in [-0.25, -0.2) is 8.42 Å². The number of halogens is 1. The maximum atomic E-state index is 12.5. The maximum Gasteiger partial charge on any atom is 0.246 e. The zero-order chi connectivity index (χ0) is 13.3. The first-order valence-corrected chi connectivity index (χ1v) is 7.86. The Balaban J connectivity index is 2.35. The van der Waals surface area contributed by atoms with Crippen LogP contribution in [-0.4, -0.2) is 30.3 Å². The molecule has 0 N–H and O–H groups in total. The fourth-order valence-electron chi connectivity index (χ4n) is 2.42. The number of sulfonamides is 1. The Hall–Kier alpha value is -0.650. The molecule has 0 amide bonds. The van der Waals surface area contributed by atoms with Crippen molar-refractivity contribution in [1.82, 2.24) is 9.29 Å². The Morgan fingerprint density at radius 1 is 1.44 bits per heavy atom. The first-order chi connectivity index (χ1) is 8.43. The summed E-state index contributed by atoms with van der Waals surface area (Å²) in [4.78, 5) is 3.96. The van der Waals surface area contributed by atoms with Gasteiger partial charge in [0.1, 0.15) is 4.90 Å². The van der Waals surface area contributed by atoms with Crippen LogP contribution in [0.4, 0.5) is 0 Å². The van der Waals surface area contributed by atoms with E-state index in [2.05, 4.69) is 11.9 Å². The summed E-state index contributed by atoms with van der Waals surface area (Å²) in [7, 11) is -3.53. The summed E-state index contributed by atoms with van der Waals surface area (Å²) in [6.07, 6.45) is 4.59. The van der Waals surface area contributed by atoms with E-state index >= 15 is 0 Å². The summed E-state index contributed by atoms with van der Waals surface area (Å²) < 4.78 is 26.6. The molecule has 1 saturated heterocycles. The Kier molecular flexibility index (Phi) is 3.94. The van der Waals surface area contributed by atoms with E-state index in [9.17, 15) is 8.42 Å². The lowest BCUT2D eigenvalue weighted by Crippen LogP contribution is -2.44. The van der Waals surface area contributed by atoms with Crippen molar-refractivity contribution < 1.29 is 8.42 Å². The predicted octanol–water partition coefficient (Wildman–Crippen LogP) is 2.54. The van der Waals surface area contributed by atoms with Crippen LogP contribution in [0.25, 0.3) is 0 Å². The van der Waals surface area contributed by atoms with Gasteiger partial charge >= 0.3 is 0 Å². The third-order valence-electron chi connectivity index (χ3n) is 3.40. The molecule has 0 radical (unpaired) electrons. The molecule has 1 aliphatic rings. The number of nitrogens with zero attached hydrogens (tertiary/aromatic N) is 2. The number of piperidine rings is 1. The summed E-state index contributed by atoms with van der Waals surface area (Å²) >= 11 is 5.96. The lowest BCUT2D eigenvalue weighted by atomic mass is 9.95. The molecular formula is C12H17ClN2O2S. The van der Waals surface area contributed by atoms with Gasteiger partial charge in [0.15, 0.2) is 0 Å². The van der Waals surface area contributed by atoms with Gasteiger partial charge in [-0.2, -0.15) is 4.31 Å². The number of aromatic nitrogens is 1.